The van der Waals surface area contributed by atoms with Crippen LogP contribution in [-0.2, 0) is 4.79 Å². The molecule has 0 amide bonds. The van der Waals surface area contributed by atoms with Crippen LogP contribution in [0.1, 0.15) is 47.5 Å². The number of ketones is 1. The third-order valence-electron chi connectivity index (χ3n) is 2.26. The lowest BCUT2D eigenvalue weighted by molar-refractivity contribution is -0.124. The quantitative estimate of drug-likeness (QED) is 0.688. The summed E-state index contributed by atoms with van der Waals surface area (Å²) in [5, 5.41) is 3.20. The summed E-state index contributed by atoms with van der Waals surface area (Å²) in [6, 6.07) is 0. The maximum absolute atomic E-state index is 11.7. The van der Waals surface area contributed by atoms with Crippen LogP contribution in [0.2, 0.25) is 0 Å². The molecule has 2 heteroatoms. The lowest BCUT2D eigenvalue weighted by Crippen LogP contribution is -2.46. The molecule has 2 nitrogen and oxygen atoms in total. The molecule has 13 heavy (non-hydrogen) atoms. The van der Waals surface area contributed by atoms with Crippen LogP contribution >= 0.6 is 0 Å². The highest BCUT2D eigenvalue weighted by Gasteiger charge is 2.25. The van der Waals surface area contributed by atoms with E-state index in [1.54, 1.807) is 0 Å². The van der Waals surface area contributed by atoms with Gasteiger partial charge in [0.1, 0.15) is 0 Å². The van der Waals surface area contributed by atoms with Crippen LogP contribution in [-0.4, -0.2) is 17.9 Å². The highest BCUT2D eigenvalue weighted by atomic mass is 16.1. The fraction of sp³-hybridized carbons (Fsp3) is 0.909. The molecule has 0 aromatic carbocycles. The Kier molecular flexibility index (Phi) is 5.23. The molecule has 0 aliphatic carbocycles. The van der Waals surface area contributed by atoms with E-state index < -0.39 is 0 Å². The summed E-state index contributed by atoms with van der Waals surface area (Å²) in [5.41, 5.74) is -0.344. The summed E-state index contributed by atoms with van der Waals surface area (Å²) in [5.74, 6) is 0.935. The first-order chi connectivity index (χ1) is 5.90. The zero-order chi connectivity index (χ0) is 10.5. The largest absolute Gasteiger partial charge is 0.306 e. The molecule has 0 aliphatic rings. The Balaban J connectivity index is 3.94. The van der Waals surface area contributed by atoms with Gasteiger partial charge in [-0.05, 0) is 32.7 Å². The van der Waals surface area contributed by atoms with Crippen molar-refractivity contribution in [1.82, 2.24) is 5.32 Å². The SMILES string of the molecule is CCNC(C)(C)C(=O)CCC(C)C. The molecule has 0 saturated heterocycles. The molecule has 0 unspecified atom stereocenters. The summed E-state index contributed by atoms with van der Waals surface area (Å²) in [6.45, 7) is 11.1. The van der Waals surface area contributed by atoms with Gasteiger partial charge >= 0.3 is 0 Å². The number of carbonyl (C=O) groups is 1. The van der Waals surface area contributed by atoms with Gasteiger partial charge in [-0.25, -0.2) is 0 Å². The summed E-state index contributed by atoms with van der Waals surface area (Å²) in [4.78, 5) is 11.7. The van der Waals surface area contributed by atoms with E-state index in [1.165, 1.54) is 0 Å². The van der Waals surface area contributed by atoms with Crippen molar-refractivity contribution >= 4 is 5.78 Å². The molecule has 0 radical (unpaired) electrons. The van der Waals surface area contributed by atoms with Gasteiger partial charge in [0.15, 0.2) is 5.78 Å². The predicted octanol–water partition coefficient (Wildman–Crippen LogP) is 2.38. The average molecular weight is 185 g/mol. The Morgan fingerprint density at radius 1 is 1.38 bits per heavy atom. The van der Waals surface area contributed by atoms with E-state index in [-0.39, 0.29) is 5.54 Å². The monoisotopic (exact) mass is 185 g/mol. The van der Waals surface area contributed by atoms with Crippen LogP contribution in [0.25, 0.3) is 0 Å². The van der Waals surface area contributed by atoms with Crippen molar-refractivity contribution in [3.8, 4) is 0 Å². The van der Waals surface area contributed by atoms with Crippen LogP contribution in [0.3, 0.4) is 0 Å². The smallest absolute Gasteiger partial charge is 0.152 e. The lowest BCUT2D eigenvalue weighted by Gasteiger charge is -2.24. The number of hydrogen-bond donors (Lipinski definition) is 1. The standard InChI is InChI=1S/C11H23NO/c1-6-12-11(4,5)10(13)8-7-9(2)3/h9,12H,6-8H2,1-5H3. The lowest BCUT2D eigenvalue weighted by atomic mass is 9.93. The fourth-order valence-electron chi connectivity index (χ4n) is 1.27. The van der Waals surface area contributed by atoms with Crippen LogP contribution < -0.4 is 5.32 Å². The number of likely N-dealkylation sites (N-methyl/N-ethyl adjacent to an activating group) is 1. The first-order valence-corrected chi connectivity index (χ1v) is 5.18. The minimum atomic E-state index is -0.344. The third-order valence-corrected chi connectivity index (χ3v) is 2.26. The number of carbonyl (C=O) groups excluding carboxylic acids is 1. The second-order valence-electron chi connectivity index (χ2n) is 4.51. The summed E-state index contributed by atoms with van der Waals surface area (Å²) < 4.78 is 0. The summed E-state index contributed by atoms with van der Waals surface area (Å²) >= 11 is 0. The zero-order valence-corrected chi connectivity index (χ0v) is 9.61. The van der Waals surface area contributed by atoms with Gasteiger partial charge in [-0.3, -0.25) is 4.79 Å². The van der Waals surface area contributed by atoms with Gasteiger partial charge in [-0.15, -0.1) is 0 Å². The Morgan fingerprint density at radius 3 is 2.31 bits per heavy atom. The van der Waals surface area contributed by atoms with E-state index in [1.807, 2.05) is 20.8 Å². The molecular formula is C11H23NO. The molecule has 0 atom stereocenters. The number of hydrogen-bond acceptors (Lipinski definition) is 2. The molecule has 0 saturated carbocycles. The van der Waals surface area contributed by atoms with Crippen LogP contribution in [0.15, 0.2) is 0 Å². The maximum Gasteiger partial charge on any atom is 0.152 e. The van der Waals surface area contributed by atoms with Gasteiger partial charge in [-0.2, -0.15) is 0 Å². The second kappa shape index (κ2) is 5.38. The van der Waals surface area contributed by atoms with Crippen LogP contribution in [0.5, 0.6) is 0 Å². The second-order valence-corrected chi connectivity index (χ2v) is 4.51. The minimum Gasteiger partial charge on any atom is -0.306 e. The van der Waals surface area contributed by atoms with E-state index in [0.717, 1.165) is 13.0 Å². The first-order valence-electron chi connectivity index (χ1n) is 5.18. The Morgan fingerprint density at radius 2 is 1.92 bits per heavy atom. The maximum atomic E-state index is 11.7. The predicted molar refractivity (Wildman–Crippen MR) is 56.8 cm³/mol. The highest BCUT2D eigenvalue weighted by Crippen LogP contribution is 2.12. The van der Waals surface area contributed by atoms with Crippen molar-refractivity contribution < 1.29 is 4.79 Å². The number of rotatable bonds is 6. The molecular weight excluding hydrogens is 162 g/mol. The van der Waals surface area contributed by atoms with Crippen LogP contribution in [0, 0.1) is 5.92 Å². The normalized spacial score (nSPS) is 12.2. The van der Waals surface area contributed by atoms with E-state index >= 15 is 0 Å². The summed E-state index contributed by atoms with van der Waals surface area (Å²) in [7, 11) is 0. The molecule has 0 aromatic heterocycles. The molecule has 0 aromatic rings. The molecule has 0 fully saturated rings. The zero-order valence-electron chi connectivity index (χ0n) is 9.61. The van der Waals surface area contributed by atoms with Gasteiger partial charge in [0.25, 0.3) is 0 Å². The van der Waals surface area contributed by atoms with Gasteiger partial charge in [0.2, 0.25) is 0 Å². The Hall–Kier alpha value is -0.370. The number of nitrogens with one attached hydrogen (secondary N) is 1. The van der Waals surface area contributed by atoms with Crippen LogP contribution in [0.4, 0.5) is 0 Å². The van der Waals surface area contributed by atoms with Gasteiger partial charge in [0, 0.05) is 6.42 Å². The van der Waals surface area contributed by atoms with E-state index in [0.29, 0.717) is 18.1 Å². The highest BCUT2D eigenvalue weighted by molar-refractivity contribution is 5.87. The van der Waals surface area contributed by atoms with E-state index in [2.05, 4.69) is 19.2 Å². The van der Waals surface area contributed by atoms with Gasteiger partial charge in [0.05, 0.1) is 5.54 Å². The van der Waals surface area contributed by atoms with Crippen molar-refractivity contribution in [3.05, 3.63) is 0 Å². The Bertz CT molecular complexity index is 161. The fourth-order valence-corrected chi connectivity index (χ4v) is 1.27. The average Bonchev–Trinajstić information content (AvgIpc) is 1.99. The number of Topliss-reactive ketones (excluding diaryl/α,β-unsaturated/α-hetero) is 1. The molecule has 0 heterocycles. The van der Waals surface area contributed by atoms with Gasteiger partial charge < -0.3 is 5.32 Å². The van der Waals surface area contributed by atoms with Crippen molar-refractivity contribution in [3.63, 3.8) is 0 Å². The van der Waals surface area contributed by atoms with Crippen molar-refractivity contribution in [2.45, 2.75) is 53.0 Å². The Labute approximate surface area is 82.1 Å². The molecule has 0 aliphatic heterocycles. The minimum absolute atomic E-state index is 0.322. The molecule has 0 spiro atoms. The van der Waals surface area contributed by atoms with Gasteiger partial charge in [-0.1, -0.05) is 20.8 Å². The molecule has 0 rings (SSSR count). The van der Waals surface area contributed by atoms with Crippen molar-refractivity contribution in [2.24, 2.45) is 5.92 Å². The van der Waals surface area contributed by atoms with Crippen molar-refractivity contribution in [2.75, 3.05) is 6.54 Å². The summed E-state index contributed by atoms with van der Waals surface area (Å²) in [6.07, 6.45) is 1.69. The molecule has 78 valence electrons. The van der Waals surface area contributed by atoms with E-state index in [4.69, 9.17) is 0 Å². The van der Waals surface area contributed by atoms with Crippen molar-refractivity contribution in [1.29, 1.82) is 0 Å². The first kappa shape index (κ1) is 12.6. The topological polar surface area (TPSA) is 29.1 Å². The molecule has 1 N–H and O–H groups in total. The third kappa shape index (κ3) is 5.04. The van der Waals surface area contributed by atoms with E-state index in [9.17, 15) is 4.79 Å². The molecule has 0 bridgehead atoms.